The van der Waals surface area contributed by atoms with Crippen LogP contribution in [0.5, 0.6) is 0 Å². The third-order valence-electron chi connectivity index (χ3n) is 3.18. The van der Waals surface area contributed by atoms with Gasteiger partial charge in [-0.25, -0.2) is 0 Å². The first-order valence-corrected chi connectivity index (χ1v) is 6.15. The topological polar surface area (TPSA) is 64.4 Å². The summed E-state index contributed by atoms with van der Waals surface area (Å²) in [4.78, 5) is 11.6. The van der Waals surface area contributed by atoms with Gasteiger partial charge >= 0.3 is 0 Å². The number of carbonyl (C=O) groups is 1. The highest BCUT2D eigenvalue weighted by molar-refractivity contribution is 5.85. The number of rotatable bonds is 4. The number of ether oxygens (including phenoxy) is 1. The average Bonchev–Trinajstić information content (AvgIpc) is 2.24. The highest BCUT2D eigenvalue weighted by atomic mass is 35.5. The molecule has 0 spiro atoms. The van der Waals surface area contributed by atoms with Gasteiger partial charge in [-0.15, -0.1) is 12.4 Å². The standard InChI is InChI=1S/C12H24N2O2.ClH/c1-8(2)11(13)12(15)14-7-10-4-5-16-9(3)6-10;/h8-11H,4-7,13H2,1-3H3,(H,14,15);1H/t9?,10?,11-;/m0./s1. The second kappa shape index (κ2) is 7.90. The Bertz CT molecular complexity index is 237. The molecule has 1 amide bonds. The molecule has 0 aromatic heterocycles. The first-order chi connectivity index (χ1) is 7.50. The molecule has 1 heterocycles. The van der Waals surface area contributed by atoms with E-state index in [4.69, 9.17) is 10.5 Å². The van der Waals surface area contributed by atoms with E-state index < -0.39 is 6.04 Å². The van der Waals surface area contributed by atoms with Crippen LogP contribution in [0.4, 0.5) is 0 Å². The van der Waals surface area contributed by atoms with E-state index in [0.29, 0.717) is 12.0 Å². The number of nitrogens with two attached hydrogens (primary N) is 1. The quantitative estimate of drug-likeness (QED) is 0.805. The molecule has 0 aromatic carbocycles. The summed E-state index contributed by atoms with van der Waals surface area (Å²) in [6.07, 6.45) is 2.37. The molecule has 4 nitrogen and oxygen atoms in total. The summed E-state index contributed by atoms with van der Waals surface area (Å²) in [5.74, 6) is 0.690. The lowest BCUT2D eigenvalue weighted by Gasteiger charge is -2.28. The number of hydrogen-bond donors (Lipinski definition) is 2. The Labute approximate surface area is 110 Å². The van der Waals surface area contributed by atoms with Crippen LogP contribution in [0.15, 0.2) is 0 Å². The van der Waals surface area contributed by atoms with Gasteiger partial charge in [-0.1, -0.05) is 13.8 Å². The molecule has 102 valence electrons. The number of amides is 1. The highest BCUT2D eigenvalue weighted by Gasteiger charge is 2.22. The van der Waals surface area contributed by atoms with Crippen molar-refractivity contribution < 1.29 is 9.53 Å². The summed E-state index contributed by atoms with van der Waals surface area (Å²) in [7, 11) is 0. The van der Waals surface area contributed by atoms with Crippen LogP contribution in [-0.4, -0.2) is 31.2 Å². The van der Waals surface area contributed by atoms with Crippen LogP contribution in [0.1, 0.15) is 33.6 Å². The molecular weight excluding hydrogens is 240 g/mol. The van der Waals surface area contributed by atoms with Crippen molar-refractivity contribution in [1.82, 2.24) is 5.32 Å². The minimum atomic E-state index is -0.391. The number of carbonyl (C=O) groups excluding carboxylic acids is 1. The lowest BCUT2D eigenvalue weighted by Crippen LogP contribution is -2.46. The summed E-state index contributed by atoms with van der Waals surface area (Å²) >= 11 is 0. The van der Waals surface area contributed by atoms with Gasteiger partial charge in [0.2, 0.25) is 5.91 Å². The lowest BCUT2D eigenvalue weighted by atomic mass is 9.96. The summed E-state index contributed by atoms with van der Waals surface area (Å²) in [5, 5.41) is 2.93. The first kappa shape index (κ1) is 16.7. The zero-order chi connectivity index (χ0) is 12.1. The van der Waals surface area contributed by atoms with E-state index in [9.17, 15) is 4.79 Å². The van der Waals surface area contributed by atoms with E-state index in [-0.39, 0.29) is 24.2 Å². The molecule has 0 radical (unpaired) electrons. The molecular formula is C12H25ClN2O2. The van der Waals surface area contributed by atoms with Gasteiger partial charge in [-0.2, -0.15) is 0 Å². The fourth-order valence-corrected chi connectivity index (χ4v) is 1.94. The summed E-state index contributed by atoms with van der Waals surface area (Å²) in [5.41, 5.74) is 5.77. The van der Waals surface area contributed by atoms with E-state index >= 15 is 0 Å². The van der Waals surface area contributed by atoms with Crippen molar-refractivity contribution in [3.8, 4) is 0 Å². The molecule has 5 heteroatoms. The van der Waals surface area contributed by atoms with Crippen molar-refractivity contribution in [2.45, 2.75) is 45.8 Å². The van der Waals surface area contributed by atoms with Gasteiger partial charge in [0.1, 0.15) is 0 Å². The molecule has 3 N–H and O–H groups in total. The van der Waals surface area contributed by atoms with E-state index in [0.717, 1.165) is 26.0 Å². The fourth-order valence-electron chi connectivity index (χ4n) is 1.94. The smallest absolute Gasteiger partial charge is 0.237 e. The Morgan fingerprint density at radius 3 is 2.71 bits per heavy atom. The van der Waals surface area contributed by atoms with E-state index in [1.807, 2.05) is 13.8 Å². The molecule has 1 fully saturated rings. The second-order valence-corrected chi connectivity index (χ2v) is 5.09. The average molecular weight is 265 g/mol. The first-order valence-electron chi connectivity index (χ1n) is 6.15. The van der Waals surface area contributed by atoms with Crippen molar-refractivity contribution in [1.29, 1.82) is 0 Å². The van der Waals surface area contributed by atoms with E-state index in [1.165, 1.54) is 0 Å². The Kier molecular flexibility index (Phi) is 7.75. The molecule has 0 bridgehead atoms. The highest BCUT2D eigenvalue weighted by Crippen LogP contribution is 2.18. The van der Waals surface area contributed by atoms with Crippen LogP contribution >= 0.6 is 12.4 Å². The van der Waals surface area contributed by atoms with Gasteiger partial charge in [0.15, 0.2) is 0 Å². The van der Waals surface area contributed by atoms with Gasteiger partial charge in [0.05, 0.1) is 12.1 Å². The van der Waals surface area contributed by atoms with Crippen LogP contribution in [0.25, 0.3) is 0 Å². The number of halogens is 1. The Hall–Kier alpha value is -0.320. The normalized spacial score (nSPS) is 26.2. The van der Waals surface area contributed by atoms with Crippen molar-refractivity contribution in [2.75, 3.05) is 13.2 Å². The maximum absolute atomic E-state index is 11.6. The van der Waals surface area contributed by atoms with Crippen LogP contribution in [-0.2, 0) is 9.53 Å². The summed E-state index contributed by atoms with van der Waals surface area (Å²) < 4.78 is 5.46. The van der Waals surface area contributed by atoms with Crippen molar-refractivity contribution >= 4 is 18.3 Å². The Balaban J connectivity index is 0.00000256. The van der Waals surface area contributed by atoms with Crippen LogP contribution < -0.4 is 11.1 Å². The molecule has 2 unspecified atom stereocenters. The lowest BCUT2D eigenvalue weighted by molar-refractivity contribution is -0.123. The van der Waals surface area contributed by atoms with Crippen molar-refractivity contribution in [3.63, 3.8) is 0 Å². The molecule has 0 aliphatic carbocycles. The molecule has 0 saturated carbocycles. The molecule has 3 atom stereocenters. The summed E-state index contributed by atoms with van der Waals surface area (Å²) in [6, 6.07) is -0.391. The molecule has 1 aliphatic heterocycles. The van der Waals surface area contributed by atoms with Gasteiger partial charge in [-0.05, 0) is 31.6 Å². The van der Waals surface area contributed by atoms with Crippen LogP contribution in [0, 0.1) is 11.8 Å². The SMILES string of the molecule is CC1CC(CNC(=O)[C@@H](N)C(C)C)CCO1.Cl. The second-order valence-electron chi connectivity index (χ2n) is 5.09. The largest absolute Gasteiger partial charge is 0.378 e. The monoisotopic (exact) mass is 264 g/mol. The maximum atomic E-state index is 11.6. The van der Waals surface area contributed by atoms with Gasteiger partial charge in [0, 0.05) is 13.2 Å². The Morgan fingerprint density at radius 2 is 2.18 bits per heavy atom. The zero-order valence-electron chi connectivity index (χ0n) is 10.9. The van der Waals surface area contributed by atoms with Gasteiger partial charge in [-0.3, -0.25) is 4.79 Å². The predicted octanol–water partition coefficient (Wildman–Crippen LogP) is 1.32. The number of hydrogen-bond acceptors (Lipinski definition) is 3. The molecule has 1 rings (SSSR count). The molecule has 0 aromatic rings. The van der Waals surface area contributed by atoms with E-state index in [2.05, 4.69) is 12.2 Å². The minimum Gasteiger partial charge on any atom is -0.378 e. The Morgan fingerprint density at radius 1 is 1.53 bits per heavy atom. The number of nitrogens with one attached hydrogen (secondary N) is 1. The van der Waals surface area contributed by atoms with Crippen molar-refractivity contribution in [2.24, 2.45) is 17.6 Å². The van der Waals surface area contributed by atoms with E-state index in [1.54, 1.807) is 0 Å². The van der Waals surface area contributed by atoms with Crippen molar-refractivity contribution in [3.05, 3.63) is 0 Å². The zero-order valence-corrected chi connectivity index (χ0v) is 11.8. The van der Waals surface area contributed by atoms with Gasteiger partial charge < -0.3 is 15.8 Å². The third kappa shape index (κ3) is 5.70. The molecule has 17 heavy (non-hydrogen) atoms. The van der Waals surface area contributed by atoms with Gasteiger partial charge in [0.25, 0.3) is 0 Å². The molecule has 1 aliphatic rings. The fraction of sp³-hybridized carbons (Fsp3) is 0.917. The predicted molar refractivity (Wildman–Crippen MR) is 71.2 cm³/mol. The van der Waals surface area contributed by atoms with Crippen LogP contribution in [0.3, 0.4) is 0 Å². The molecule has 1 saturated heterocycles. The third-order valence-corrected chi connectivity index (χ3v) is 3.18. The maximum Gasteiger partial charge on any atom is 0.237 e. The van der Waals surface area contributed by atoms with Crippen LogP contribution in [0.2, 0.25) is 0 Å². The minimum absolute atomic E-state index is 0. The summed E-state index contributed by atoms with van der Waals surface area (Å²) in [6.45, 7) is 7.53.